The minimum Gasteiger partial charge on any atom is -0.456 e. The number of nitrogens with one attached hydrogen (secondary N) is 1. The molecule has 0 unspecified atom stereocenters. The minimum atomic E-state index is -0.184. The molecule has 0 saturated heterocycles. The molecular formula is C21H32BrNO3. The highest BCUT2D eigenvalue weighted by Gasteiger charge is 2.57. The fourth-order valence-electron chi connectivity index (χ4n) is 6.75. The normalized spacial score (nSPS) is 39.0. The summed E-state index contributed by atoms with van der Waals surface area (Å²) in [5, 5.41) is 2.95. The van der Waals surface area contributed by atoms with E-state index in [0.29, 0.717) is 12.3 Å². The first-order valence-corrected chi connectivity index (χ1v) is 11.3. The summed E-state index contributed by atoms with van der Waals surface area (Å²) in [6.07, 6.45) is 14.1. The fourth-order valence-corrected chi connectivity index (χ4v) is 8.26. The molecule has 5 rings (SSSR count). The van der Waals surface area contributed by atoms with Gasteiger partial charge >= 0.3 is 5.97 Å². The van der Waals surface area contributed by atoms with Gasteiger partial charge in [-0.1, -0.05) is 35.2 Å². The third kappa shape index (κ3) is 4.28. The highest BCUT2D eigenvalue weighted by Crippen LogP contribution is 2.65. The first-order chi connectivity index (χ1) is 12.4. The molecule has 0 aliphatic heterocycles. The van der Waals surface area contributed by atoms with E-state index in [9.17, 15) is 9.59 Å². The number of ether oxygens (including phenoxy) is 1. The van der Waals surface area contributed by atoms with Gasteiger partial charge in [-0.15, -0.1) is 0 Å². The maximum Gasteiger partial charge on any atom is 0.306 e. The number of rotatable bonds is 6. The van der Waals surface area contributed by atoms with Gasteiger partial charge in [0.25, 0.3) is 5.91 Å². The monoisotopic (exact) mass is 425 g/mol. The van der Waals surface area contributed by atoms with Crippen LogP contribution in [0.5, 0.6) is 0 Å². The van der Waals surface area contributed by atoms with E-state index in [-0.39, 0.29) is 28.2 Å². The van der Waals surface area contributed by atoms with Crippen LogP contribution < -0.4 is 5.32 Å². The van der Waals surface area contributed by atoms with Gasteiger partial charge < -0.3 is 10.1 Å². The molecule has 2 atom stereocenters. The zero-order chi connectivity index (χ0) is 18.2. The largest absolute Gasteiger partial charge is 0.456 e. The van der Waals surface area contributed by atoms with E-state index in [4.69, 9.17) is 4.74 Å². The molecule has 5 aliphatic rings. The molecule has 0 aromatic heterocycles. The maximum atomic E-state index is 12.4. The van der Waals surface area contributed by atoms with Crippen LogP contribution in [-0.4, -0.2) is 29.4 Å². The Morgan fingerprint density at radius 3 is 2.38 bits per heavy atom. The van der Waals surface area contributed by atoms with E-state index in [1.165, 1.54) is 64.2 Å². The second kappa shape index (κ2) is 7.44. The van der Waals surface area contributed by atoms with Crippen molar-refractivity contribution in [2.75, 3.05) is 13.2 Å². The third-order valence-corrected chi connectivity index (χ3v) is 8.23. The van der Waals surface area contributed by atoms with Crippen LogP contribution in [-0.2, 0) is 14.3 Å². The van der Waals surface area contributed by atoms with Gasteiger partial charge in [-0.25, -0.2) is 0 Å². The van der Waals surface area contributed by atoms with Crippen molar-refractivity contribution in [3.63, 3.8) is 0 Å². The summed E-state index contributed by atoms with van der Waals surface area (Å²) in [6, 6.07) is 0. The van der Waals surface area contributed by atoms with E-state index >= 15 is 0 Å². The van der Waals surface area contributed by atoms with E-state index in [2.05, 4.69) is 21.2 Å². The smallest absolute Gasteiger partial charge is 0.306 e. The van der Waals surface area contributed by atoms with Crippen LogP contribution in [0.4, 0.5) is 0 Å². The van der Waals surface area contributed by atoms with Crippen molar-refractivity contribution < 1.29 is 14.3 Å². The molecule has 0 heterocycles. The van der Waals surface area contributed by atoms with Crippen LogP contribution in [0.1, 0.15) is 77.0 Å². The van der Waals surface area contributed by atoms with E-state index < -0.39 is 0 Å². The molecule has 5 aliphatic carbocycles. The van der Waals surface area contributed by atoms with Gasteiger partial charge in [-0.2, -0.15) is 0 Å². The minimum absolute atomic E-state index is 0.114. The number of carbonyl (C=O) groups is 2. The second-order valence-corrected chi connectivity index (χ2v) is 11.4. The third-order valence-electron chi connectivity index (χ3n) is 7.31. The van der Waals surface area contributed by atoms with Gasteiger partial charge in [-0.3, -0.25) is 9.59 Å². The second-order valence-electron chi connectivity index (χ2n) is 9.76. The van der Waals surface area contributed by atoms with Gasteiger partial charge in [0.2, 0.25) is 0 Å². The Hall–Kier alpha value is -0.580. The van der Waals surface area contributed by atoms with Gasteiger partial charge in [0.15, 0.2) is 6.61 Å². The van der Waals surface area contributed by atoms with Gasteiger partial charge in [-0.05, 0) is 74.5 Å². The summed E-state index contributed by atoms with van der Waals surface area (Å²) in [6.45, 7) is 0.615. The number of alkyl halides is 1. The Morgan fingerprint density at radius 1 is 1.04 bits per heavy atom. The van der Waals surface area contributed by atoms with Crippen molar-refractivity contribution in [3.05, 3.63) is 0 Å². The molecule has 5 saturated carbocycles. The lowest BCUT2D eigenvalue weighted by Crippen LogP contribution is -2.53. The lowest BCUT2D eigenvalue weighted by atomic mass is 9.49. The van der Waals surface area contributed by atoms with Crippen molar-refractivity contribution in [2.24, 2.45) is 23.2 Å². The van der Waals surface area contributed by atoms with Gasteiger partial charge in [0.1, 0.15) is 0 Å². The van der Waals surface area contributed by atoms with Crippen LogP contribution in [0, 0.1) is 23.2 Å². The van der Waals surface area contributed by atoms with Crippen molar-refractivity contribution in [2.45, 2.75) is 81.4 Å². The summed E-state index contributed by atoms with van der Waals surface area (Å²) in [7, 11) is 0. The predicted molar refractivity (Wildman–Crippen MR) is 104 cm³/mol. The molecule has 4 nitrogen and oxygen atoms in total. The highest BCUT2D eigenvalue weighted by atomic mass is 79.9. The summed E-state index contributed by atoms with van der Waals surface area (Å²) in [4.78, 5) is 24.4. The first-order valence-electron chi connectivity index (χ1n) is 10.5. The maximum absolute atomic E-state index is 12.4. The predicted octanol–water partition coefficient (Wildman–Crippen LogP) is 4.35. The fraction of sp³-hybridized carbons (Fsp3) is 0.905. The number of carbonyl (C=O) groups excluding carboxylic acids is 2. The lowest BCUT2D eigenvalue weighted by molar-refractivity contribution is -0.154. The Labute approximate surface area is 165 Å². The number of esters is 1. The van der Waals surface area contributed by atoms with Gasteiger partial charge in [0.05, 0.1) is 6.42 Å². The lowest BCUT2D eigenvalue weighted by Gasteiger charge is -2.60. The average Bonchev–Trinajstić information content (AvgIpc) is 2.56. The molecule has 5 fully saturated rings. The van der Waals surface area contributed by atoms with Crippen molar-refractivity contribution >= 4 is 27.8 Å². The summed E-state index contributed by atoms with van der Waals surface area (Å²) in [5.74, 6) is 1.80. The molecule has 26 heavy (non-hydrogen) atoms. The molecule has 0 spiro atoms. The van der Waals surface area contributed by atoms with Crippen LogP contribution in [0.15, 0.2) is 0 Å². The quantitative estimate of drug-likeness (QED) is 0.508. The molecule has 4 bridgehead atoms. The molecule has 1 N–H and O–H groups in total. The summed E-state index contributed by atoms with van der Waals surface area (Å²) in [5.41, 5.74) is 0.114. The number of amides is 1. The first kappa shape index (κ1) is 18.8. The van der Waals surface area contributed by atoms with Crippen LogP contribution >= 0.6 is 15.9 Å². The van der Waals surface area contributed by atoms with Crippen molar-refractivity contribution in [3.8, 4) is 0 Å². The molecule has 0 radical (unpaired) electrons. The Morgan fingerprint density at radius 2 is 1.73 bits per heavy atom. The topological polar surface area (TPSA) is 55.4 Å². The van der Waals surface area contributed by atoms with E-state index in [1.807, 2.05) is 0 Å². The average molecular weight is 426 g/mol. The van der Waals surface area contributed by atoms with Crippen LogP contribution in [0.2, 0.25) is 0 Å². The molecule has 0 aromatic carbocycles. The van der Waals surface area contributed by atoms with E-state index in [0.717, 1.165) is 24.8 Å². The van der Waals surface area contributed by atoms with E-state index in [1.54, 1.807) is 0 Å². The number of hydrogen-bond donors (Lipinski definition) is 1. The van der Waals surface area contributed by atoms with Crippen molar-refractivity contribution in [1.82, 2.24) is 5.32 Å². The van der Waals surface area contributed by atoms with Gasteiger partial charge in [0, 0.05) is 10.9 Å². The summed E-state index contributed by atoms with van der Waals surface area (Å²) >= 11 is 3.99. The molecule has 146 valence electrons. The molecule has 0 aromatic rings. The highest BCUT2D eigenvalue weighted by molar-refractivity contribution is 9.10. The SMILES string of the molecule is O=C(COC(=O)CC12C[C@H]3C[C@@H](CC(Br)(C3)C1)C2)NCC1CCCCC1. The zero-order valence-corrected chi connectivity index (χ0v) is 17.3. The molecule has 1 amide bonds. The molecule has 5 heteroatoms. The van der Waals surface area contributed by atoms with Crippen LogP contribution in [0.3, 0.4) is 0 Å². The Kier molecular flexibility index (Phi) is 5.37. The summed E-state index contributed by atoms with van der Waals surface area (Å²) < 4.78 is 5.61. The number of halogens is 1. The van der Waals surface area contributed by atoms with Crippen molar-refractivity contribution in [1.29, 1.82) is 0 Å². The Balaban J connectivity index is 1.21. The van der Waals surface area contributed by atoms with Crippen LogP contribution in [0.25, 0.3) is 0 Å². The molecular weight excluding hydrogens is 394 g/mol. The number of hydrogen-bond acceptors (Lipinski definition) is 3. The standard InChI is InChI=1S/C21H32BrNO3/c22-21-9-16-6-17(10-21)8-20(7-16,14-21)11-19(25)26-13-18(24)23-12-15-4-2-1-3-5-15/h15-17H,1-14H2,(H,23,24)/t16-,17-,20?,21?/m1/s1. The Bertz CT molecular complexity index is 543. The zero-order valence-electron chi connectivity index (χ0n) is 15.7.